The summed E-state index contributed by atoms with van der Waals surface area (Å²) in [6.45, 7) is 5.55. The Balaban J connectivity index is 1.64. The molecular weight excluding hydrogens is 520 g/mol. The maximum absolute atomic E-state index is 13.3. The highest BCUT2D eigenvalue weighted by Crippen LogP contribution is 2.31. The molecule has 0 aliphatic heterocycles. The quantitative estimate of drug-likeness (QED) is 0.295. The SMILES string of the molecule is CCOC(=O)C(C)n1ccc(NC(=O)c2cc(Oc3ccc(S(C)(=O)=O)cc3)cc(-c3ncccc3C)c2)n1. The summed E-state index contributed by atoms with van der Waals surface area (Å²) in [5, 5.41) is 7.03. The van der Waals surface area contributed by atoms with Crippen LogP contribution in [0.4, 0.5) is 5.82 Å². The van der Waals surface area contributed by atoms with Crippen molar-refractivity contribution in [1.82, 2.24) is 14.8 Å². The van der Waals surface area contributed by atoms with Gasteiger partial charge in [0.2, 0.25) is 0 Å². The van der Waals surface area contributed by atoms with Gasteiger partial charge in [0.05, 0.1) is 17.2 Å². The molecule has 0 saturated heterocycles. The molecule has 4 aromatic rings. The molecule has 0 fully saturated rings. The third-order valence-electron chi connectivity index (χ3n) is 5.81. The number of nitrogens with zero attached hydrogens (tertiary/aromatic N) is 3. The van der Waals surface area contributed by atoms with Crippen LogP contribution in [0.5, 0.6) is 11.5 Å². The largest absolute Gasteiger partial charge is 0.464 e. The molecular formula is C28H28N4O6S. The average Bonchev–Trinajstić information content (AvgIpc) is 3.36. The molecule has 1 atom stereocenters. The summed E-state index contributed by atoms with van der Waals surface area (Å²) in [5.41, 5.74) is 2.53. The number of aromatic nitrogens is 3. The first-order valence-corrected chi connectivity index (χ1v) is 14.0. The molecule has 202 valence electrons. The van der Waals surface area contributed by atoms with E-state index in [-0.39, 0.29) is 22.9 Å². The number of carbonyl (C=O) groups excluding carboxylic acids is 2. The number of benzene rings is 2. The van der Waals surface area contributed by atoms with E-state index in [4.69, 9.17) is 9.47 Å². The Bertz CT molecular complexity index is 1610. The minimum atomic E-state index is -3.35. The number of pyridine rings is 1. The Morgan fingerprint density at radius 2 is 1.79 bits per heavy atom. The highest BCUT2D eigenvalue weighted by atomic mass is 32.2. The van der Waals surface area contributed by atoms with E-state index in [0.717, 1.165) is 11.8 Å². The predicted octanol–water partition coefficient (Wildman–Crippen LogP) is 4.83. The molecule has 0 radical (unpaired) electrons. The average molecular weight is 549 g/mol. The molecule has 4 rings (SSSR count). The Hall–Kier alpha value is -4.51. The fourth-order valence-corrected chi connectivity index (χ4v) is 4.41. The first kappa shape index (κ1) is 27.5. The Morgan fingerprint density at radius 3 is 2.46 bits per heavy atom. The summed E-state index contributed by atoms with van der Waals surface area (Å²) in [4.78, 5) is 29.9. The first-order chi connectivity index (χ1) is 18.5. The third kappa shape index (κ3) is 6.68. The third-order valence-corrected chi connectivity index (χ3v) is 6.94. The van der Waals surface area contributed by atoms with Crippen molar-refractivity contribution < 1.29 is 27.5 Å². The Labute approximate surface area is 226 Å². The molecule has 0 aliphatic carbocycles. The van der Waals surface area contributed by atoms with Crippen molar-refractivity contribution in [1.29, 1.82) is 0 Å². The molecule has 0 aliphatic rings. The first-order valence-electron chi connectivity index (χ1n) is 12.1. The van der Waals surface area contributed by atoms with Crippen molar-refractivity contribution >= 4 is 27.5 Å². The van der Waals surface area contributed by atoms with E-state index in [1.54, 1.807) is 62.6 Å². The Morgan fingerprint density at radius 1 is 1.05 bits per heavy atom. The number of sulfone groups is 1. The summed E-state index contributed by atoms with van der Waals surface area (Å²) >= 11 is 0. The summed E-state index contributed by atoms with van der Waals surface area (Å²) in [6, 6.07) is 15.7. The van der Waals surface area contributed by atoms with Gasteiger partial charge in [-0.3, -0.25) is 14.5 Å². The summed E-state index contributed by atoms with van der Waals surface area (Å²) in [7, 11) is -3.35. The van der Waals surface area contributed by atoms with Gasteiger partial charge in [-0.2, -0.15) is 5.10 Å². The number of hydrogen-bond acceptors (Lipinski definition) is 8. The van der Waals surface area contributed by atoms with Crippen molar-refractivity contribution in [3.8, 4) is 22.8 Å². The predicted molar refractivity (Wildman–Crippen MR) is 146 cm³/mol. The maximum Gasteiger partial charge on any atom is 0.330 e. The van der Waals surface area contributed by atoms with E-state index in [0.29, 0.717) is 22.8 Å². The number of ether oxygens (including phenoxy) is 2. The van der Waals surface area contributed by atoms with Gasteiger partial charge in [-0.1, -0.05) is 6.07 Å². The van der Waals surface area contributed by atoms with E-state index in [2.05, 4.69) is 15.4 Å². The second kappa shape index (κ2) is 11.5. The zero-order valence-electron chi connectivity index (χ0n) is 21.9. The maximum atomic E-state index is 13.3. The normalized spacial score (nSPS) is 12.0. The number of nitrogens with one attached hydrogen (secondary N) is 1. The number of rotatable bonds is 9. The van der Waals surface area contributed by atoms with E-state index in [9.17, 15) is 18.0 Å². The lowest BCUT2D eigenvalue weighted by Gasteiger charge is -2.13. The number of amides is 1. The molecule has 39 heavy (non-hydrogen) atoms. The van der Waals surface area contributed by atoms with Crippen molar-refractivity contribution in [2.45, 2.75) is 31.7 Å². The number of aryl methyl sites for hydroxylation is 1. The van der Waals surface area contributed by atoms with Gasteiger partial charge in [0.15, 0.2) is 15.7 Å². The van der Waals surface area contributed by atoms with E-state index >= 15 is 0 Å². The smallest absolute Gasteiger partial charge is 0.330 e. The standard InChI is InChI=1S/C28H28N4O6S/c1-5-37-28(34)19(3)32-14-12-25(31-32)30-27(33)21-15-20(26-18(2)7-6-13-29-26)16-23(17-21)38-22-8-10-24(11-9-22)39(4,35)36/h6-17,19H,5H2,1-4H3,(H,30,31,33). The van der Waals surface area contributed by atoms with Crippen LogP contribution in [-0.2, 0) is 19.4 Å². The van der Waals surface area contributed by atoms with Gasteiger partial charge >= 0.3 is 5.97 Å². The second-order valence-corrected chi connectivity index (χ2v) is 10.8. The highest BCUT2D eigenvalue weighted by Gasteiger charge is 2.19. The number of anilines is 1. The fraction of sp³-hybridized carbons (Fsp3) is 0.214. The van der Waals surface area contributed by atoms with Gasteiger partial charge in [-0.15, -0.1) is 0 Å². The van der Waals surface area contributed by atoms with Crippen molar-refractivity contribution in [3.63, 3.8) is 0 Å². The summed E-state index contributed by atoms with van der Waals surface area (Å²) in [6.07, 6.45) is 4.38. The lowest BCUT2D eigenvalue weighted by Crippen LogP contribution is -2.20. The van der Waals surface area contributed by atoms with Crippen LogP contribution in [0.2, 0.25) is 0 Å². The molecule has 11 heteroatoms. The highest BCUT2D eigenvalue weighted by molar-refractivity contribution is 7.90. The van der Waals surface area contributed by atoms with Gasteiger partial charge < -0.3 is 14.8 Å². The van der Waals surface area contributed by atoms with Crippen molar-refractivity contribution in [3.05, 3.63) is 84.2 Å². The number of hydrogen-bond donors (Lipinski definition) is 1. The molecule has 0 spiro atoms. The van der Waals surface area contributed by atoms with Crippen LogP contribution in [0.15, 0.2) is 78.0 Å². The molecule has 0 bridgehead atoms. The number of esters is 1. The van der Waals surface area contributed by atoms with Gasteiger partial charge in [0, 0.05) is 35.8 Å². The summed E-state index contributed by atoms with van der Waals surface area (Å²) in [5.74, 6) is 0.140. The lowest BCUT2D eigenvalue weighted by molar-refractivity contribution is -0.146. The van der Waals surface area contributed by atoms with Crippen LogP contribution < -0.4 is 10.1 Å². The molecule has 2 aromatic carbocycles. The van der Waals surface area contributed by atoms with Gasteiger partial charge in [0.25, 0.3) is 5.91 Å². The zero-order chi connectivity index (χ0) is 28.2. The van der Waals surface area contributed by atoms with Gasteiger partial charge in [-0.25, -0.2) is 13.2 Å². The number of carbonyl (C=O) groups is 2. The van der Waals surface area contributed by atoms with Crippen LogP contribution in [0.1, 0.15) is 35.8 Å². The van der Waals surface area contributed by atoms with Crippen LogP contribution in [0, 0.1) is 6.92 Å². The fourth-order valence-electron chi connectivity index (χ4n) is 3.78. The second-order valence-electron chi connectivity index (χ2n) is 8.82. The lowest BCUT2D eigenvalue weighted by atomic mass is 10.0. The van der Waals surface area contributed by atoms with Gasteiger partial charge in [-0.05, 0) is 74.9 Å². The van der Waals surface area contributed by atoms with Crippen LogP contribution in [-0.4, -0.2) is 47.9 Å². The van der Waals surface area contributed by atoms with Crippen LogP contribution in [0.3, 0.4) is 0 Å². The molecule has 1 N–H and O–H groups in total. The molecule has 0 saturated carbocycles. The monoisotopic (exact) mass is 548 g/mol. The van der Waals surface area contributed by atoms with E-state index in [1.165, 1.54) is 16.8 Å². The van der Waals surface area contributed by atoms with Crippen LogP contribution >= 0.6 is 0 Å². The minimum absolute atomic E-state index is 0.171. The molecule has 1 amide bonds. The van der Waals surface area contributed by atoms with E-state index < -0.39 is 27.8 Å². The van der Waals surface area contributed by atoms with Crippen molar-refractivity contribution in [2.75, 3.05) is 18.2 Å². The minimum Gasteiger partial charge on any atom is -0.464 e. The molecule has 10 nitrogen and oxygen atoms in total. The molecule has 2 aromatic heterocycles. The summed E-state index contributed by atoms with van der Waals surface area (Å²) < 4.78 is 36.0. The van der Waals surface area contributed by atoms with Gasteiger partial charge in [0.1, 0.15) is 17.5 Å². The molecule has 2 heterocycles. The van der Waals surface area contributed by atoms with E-state index in [1.807, 2.05) is 19.1 Å². The topological polar surface area (TPSA) is 129 Å². The zero-order valence-corrected chi connectivity index (χ0v) is 22.7. The molecule has 1 unspecified atom stereocenters. The Kier molecular flexibility index (Phi) is 8.10. The van der Waals surface area contributed by atoms with Crippen LogP contribution in [0.25, 0.3) is 11.3 Å². The van der Waals surface area contributed by atoms with Crippen molar-refractivity contribution in [2.24, 2.45) is 0 Å².